The molecular weight excluding hydrogens is 312 g/mol. The first-order valence-corrected chi connectivity index (χ1v) is 8.52. The largest absolute Gasteiger partial charge is 0.497 e. The number of hydrogen-bond acceptors (Lipinski definition) is 5. The summed E-state index contributed by atoms with van der Waals surface area (Å²) < 4.78 is 10.6. The highest BCUT2D eigenvalue weighted by atomic mass is 32.2. The van der Waals surface area contributed by atoms with Crippen LogP contribution in [-0.4, -0.2) is 43.3 Å². The minimum Gasteiger partial charge on any atom is -0.497 e. The van der Waals surface area contributed by atoms with Gasteiger partial charge in [0.1, 0.15) is 11.5 Å². The zero-order chi connectivity index (χ0) is 16.2. The Balaban J connectivity index is 1.80. The Labute approximate surface area is 140 Å². The number of amidine groups is 1. The monoisotopic (exact) mass is 332 g/mol. The van der Waals surface area contributed by atoms with E-state index in [-0.39, 0.29) is 5.91 Å². The van der Waals surface area contributed by atoms with Crippen molar-refractivity contribution >= 4 is 28.9 Å². The number of piperidine rings is 1. The zero-order valence-electron chi connectivity index (χ0n) is 13.4. The third-order valence-corrected chi connectivity index (χ3v) is 5.01. The fourth-order valence-electron chi connectivity index (χ4n) is 2.70. The summed E-state index contributed by atoms with van der Waals surface area (Å²) in [6.07, 6.45) is 5.43. The van der Waals surface area contributed by atoms with Gasteiger partial charge < -0.3 is 14.4 Å². The first-order chi connectivity index (χ1) is 11.2. The van der Waals surface area contributed by atoms with E-state index < -0.39 is 0 Å². The van der Waals surface area contributed by atoms with Crippen molar-refractivity contribution in [1.29, 1.82) is 0 Å². The van der Waals surface area contributed by atoms with Crippen LogP contribution in [0.1, 0.15) is 24.8 Å². The average Bonchev–Trinajstić information content (AvgIpc) is 2.97. The van der Waals surface area contributed by atoms with E-state index in [1.54, 1.807) is 14.2 Å². The number of amides is 1. The molecule has 0 saturated carbocycles. The minimum absolute atomic E-state index is 0.173. The van der Waals surface area contributed by atoms with Gasteiger partial charge in [0, 0.05) is 24.7 Å². The van der Waals surface area contributed by atoms with Crippen LogP contribution in [0.5, 0.6) is 11.5 Å². The molecule has 3 rings (SSSR count). The first kappa shape index (κ1) is 15.9. The van der Waals surface area contributed by atoms with Crippen LogP contribution in [0.4, 0.5) is 0 Å². The van der Waals surface area contributed by atoms with E-state index in [0.717, 1.165) is 29.6 Å². The molecule has 0 bridgehead atoms. The van der Waals surface area contributed by atoms with Gasteiger partial charge >= 0.3 is 0 Å². The molecule has 0 aromatic heterocycles. The van der Waals surface area contributed by atoms with E-state index in [0.29, 0.717) is 10.7 Å². The zero-order valence-corrected chi connectivity index (χ0v) is 14.2. The van der Waals surface area contributed by atoms with Crippen molar-refractivity contribution < 1.29 is 14.3 Å². The summed E-state index contributed by atoms with van der Waals surface area (Å²) in [4.78, 5) is 19.2. The summed E-state index contributed by atoms with van der Waals surface area (Å²) in [7, 11) is 3.22. The van der Waals surface area contributed by atoms with Crippen LogP contribution < -0.4 is 9.47 Å². The van der Waals surface area contributed by atoms with Crippen LogP contribution >= 0.6 is 11.8 Å². The molecule has 1 amide bonds. The molecule has 122 valence electrons. The predicted molar refractivity (Wildman–Crippen MR) is 93.0 cm³/mol. The van der Waals surface area contributed by atoms with Gasteiger partial charge in [0.2, 0.25) is 0 Å². The van der Waals surface area contributed by atoms with Crippen LogP contribution in [0.2, 0.25) is 0 Å². The lowest BCUT2D eigenvalue weighted by Gasteiger charge is -2.27. The number of carbonyl (C=O) groups is 1. The predicted octanol–water partition coefficient (Wildman–Crippen LogP) is 3.16. The molecule has 6 heteroatoms. The van der Waals surface area contributed by atoms with Crippen LogP contribution in [0.25, 0.3) is 6.08 Å². The number of hydrogen-bond donors (Lipinski definition) is 0. The summed E-state index contributed by atoms with van der Waals surface area (Å²) in [6.45, 7) is 1.97. The van der Waals surface area contributed by atoms with Gasteiger partial charge in [-0.2, -0.15) is 4.99 Å². The normalized spacial score (nSPS) is 19.9. The standard InChI is InChI=1S/C17H20N2O3S/c1-21-13-7-6-12(14(11-13)22-2)10-15-16(20)18-17(23-15)19-8-4-3-5-9-19/h6-7,10-11H,3-5,8-9H2,1-2H3/b15-10+. The van der Waals surface area contributed by atoms with Crippen molar-refractivity contribution in [3.05, 3.63) is 28.7 Å². The van der Waals surface area contributed by atoms with Crippen LogP contribution in [0, 0.1) is 0 Å². The topological polar surface area (TPSA) is 51.1 Å². The maximum absolute atomic E-state index is 12.2. The van der Waals surface area contributed by atoms with Crippen molar-refractivity contribution in [2.24, 2.45) is 4.99 Å². The lowest BCUT2D eigenvalue weighted by molar-refractivity contribution is -0.113. The van der Waals surface area contributed by atoms with E-state index in [2.05, 4.69) is 9.89 Å². The third kappa shape index (κ3) is 3.52. The molecule has 1 saturated heterocycles. The summed E-state index contributed by atoms with van der Waals surface area (Å²) >= 11 is 1.45. The molecule has 5 nitrogen and oxygen atoms in total. The molecule has 23 heavy (non-hydrogen) atoms. The molecule has 2 aliphatic heterocycles. The van der Waals surface area contributed by atoms with Crippen molar-refractivity contribution in [2.75, 3.05) is 27.3 Å². The van der Waals surface area contributed by atoms with Crippen LogP contribution in [0.3, 0.4) is 0 Å². The smallest absolute Gasteiger partial charge is 0.286 e. The number of nitrogens with zero attached hydrogens (tertiary/aromatic N) is 2. The number of likely N-dealkylation sites (tertiary alicyclic amines) is 1. The van der Waals surface area contributed by atoms with Crippen molar-refractivity contribution in [1.82, 2.24) is 4.90 Å². The second-order valence-electron chi connectivity index (χ2n) is 5.47. The van der Waals surface area contributed by atoms with Gasteiger partial charge in [-0.25, -0.2) is 0 Å². The van der Waals surface area contributed by atoms with E-state index in [4.69, 9.17) is 9.47 Å². The second-order valence-corrected chi connectivity index (χ2v) is 6.47. The molecule has 0 atom stereocenters. The fourth-order valence-corrected chi connectivity index (χ4v) is 3.65. The van der Waals surface area contributed by atoms with E-state index in [1.807, 2.05) is 24.3 Å². The Bertz CT molecular complexity index is 664. The SMILES string of the molecule is COc1ccc(/C=C2/SC(N3CCCCC3)=NC2=O)c(OC)c1. The highest BCUT2D eigenvalue weighted by Crippen LogP contribution is 2.34. The number of thioether (sulfide) groups is 1. The van der Waals surface area contributed by atoms with Gasteiger partial charge in [0.15, 0.2) is 5.17 Å². The molecule has 1 fully saturated rings. The van der Waals surface area contributed by atoms with E-state index >= 15 is 0 Å². The van der Waals surface area contributed by atoms with Crippen LogP contribution in [0.15, 0.2) is 28.1 Å². The molecule has 2 aliphatic rings. The Morgan fingerprint density at radius 1 is 1.17 bits per heavy atom. The molecule has 2 heterocycles. The Hall–Kier alpha value is -1.95. The van der Waals surface area contributed by atoms with Gasteiger partial charge in [0.05, 0.1) is 19.1 Å². The van der Waals surface area contributed by atoms with Crippen LogP contribution in [-0.2, 0) is 4.79 Å². The first-order valence-electron chi connectivity index (χ1n) is 7.71. The molecule has 0 unspecified atom stereocenters. The van der Waals surface area contributed by atoms with Gasteiger partial charge in [-0.3, -0.25) is 4.79 Å². The average molecular weight is 332 g/mol. The Morgan fingerprint density at radius 2 is 1.96 bits per heavy atom. The quantitative estimate of drug-likeness (QED) is 0.796. The van der Waals surface area contributed by atoms with E-state index in [1.165, 1.54) is 31.0 Å². The molecule has 0 aliphatic carbocycles. The minimum atomic E-state index is -0.173. The van der Waals surface area contributed by atoms with Gasteiger partial charge in [-0.15, -0.1) is 0 Å². The highest BCUT2D eigenvalue weighted by Gasteiger charge is 2.27. The highest BCUT2D eigenvalue weighted by molar-refractivity contribution is 8.18. The third-order valence-electron chi connectivity index (χ3n) is 3.96. The lowest BCUT2D eigenvalue weighted by Crippen LogP contribution is -2.33. The van der Waals surface area contributed by atoms with Gasteiger partial charge in [0.25, 0.3) is 5.91 Å². The maximum Gasteiger partial charge on any atom is 0.286 e. The summed E-state index contributed by atoms with van der Waals surface area (Å²) in [5.41, 5.74) is 0.847. The number of rotatable bonds is 3. The fraction of sp³-hybridized carbons (Fsp3) is 0.412. The summed E-state index contributed by atoms with van der Waals surface area (Å²) in [5, 5.41) is 0.827. The molecule has 0 N–H and O–H groups in total. The van der Waals surface area contributed by atoms with Crippen molar-refractivity contribution in [3.8, 4) is 11.5 Å². The van der Waals surface area contributed by atoms with E-state index in [9.17, 15) is 4.79 Å². The molecule has 0 radical (unpaired) electrons. The van der Waals surface area contributed by atoms with Gasteiger partial charge in [-0.1, -0.05) is 0 Å². The van der Waals surface area contributed by atoms with Gasteiger partial charge in [-0.05, 0) is 49.2 Å². The molecule has 1 aromatic carbocycles. The number of methoxy groups -OCH3 is 2. The summed E-state index contributed by atoms with van der Waals surface area (Å²) in [6, 6.07) is 5.55. The lowest BCUT2D eigenvalue weighted by atomic mass is 10.1. The molecule has 0 spiro atoms. The maximum atomic E-state index is 12.2. The number of ether oxygens (including phenoxy) is 2. The van der Waals surface area contributed by atoms with Crippen molar-refractivity contribution in [3.63, 3.8) is 0 Å². The summed E-state index contributed by atoms with van der Waals surface area (Å²) in [5.74, 6) is 1.23. The number of aliphatic imine (C=N–C) groups is 1. The Morgan fingerprint density at radius 3 is 2.65 bits per heavy atom. The molecular formula is C17H20N2O3S. The van der Waals surface area contributed by atoms with Crippen molar-refractivity contribution in [2.45, 2.75) is 19.3 Å². The second kappa shape index (κ2) is 7.08. The number of benzene rings is 1. The number of carbonyl (C=O) groups excluding carboxylic acids is 1. The molecule has 1 aromatic rings. The Kier molecular flexibility index (Phi) is 4.91.